The van der Waals surface area contributed by atoms with Gasteiger partial charge in [0.2, 0.25) is 11.8 Å². The molecular weight excluding hydrogens is 593 g/mol. The Morgan fingerprint density at radius 3 is 2.17 bits per heavy atom. The number of carbonyl (C=O) groups excluding carboxylic acids is 2. The fraction of sp³-hybridized carbons (Fsp3) is 0.310. The van der Waals surface area contributed by atoms with Crippen LogP contribution >= 0.6 is 34.8 Å². The van der Waals surface area contributed by atoms with Gasteiger partial charge in [0.1, 0.15) is 12.6 Å². The molecule has 40 heavy (non-hydrogen) atoms. The third-order valence-corrected chi connectivity index (χ3v) is 9.12. The summed E-state index contributed by atoms with van der Waals surface area (Å²) in [5.74, 6) is -0.900. The largest absolute Gasteiger partial charge is 0.354 e. The van der Waals surface area contributed by atoms with Gasteiger partial charge in [0.15, 0.2) is 0 Å². The maximum absolute atomic E-state index is 14.0. The van der Waals surface area contributed by atoms with Gasteiger partial charge < -0.3 is 10.2 Å². The molecule has 0 fully saturated rings. The SMILES string of the molecule is CCCCNC(=O)[C@H](CC)N(Cc1ccc(Cl)c(Cl)c1)C(=O)CN(c1ccccc1Cl)S(=O)(=O)c1ccccc1. The Morgan fingerprint density at radius 2 is 1.55 bits per heavy atom. The molecule has 0 aliphatic heterocycles. The predicted octanol–water partition coefficient (Wildman–Crippen LogP) is 6.57. The van der Waals surface area contributed by atoms with Crippen LogP contribution in [0.4, 0.5) is 5.69 Å². The van der Waals surface area contributed by atoms with E-state index in [4.69, 9.17) is 34.8 Å². The van der Waals surface area contributed by atoms with Crippen molar-refractivity contribution in [2.24, 2.45) is 0 Å². The highest BCUT2D eigenvalue weighted by Gasteiger charge is 2.34. The predicted molar refractivity (Wildman–Crippen MR) is 161 cm³/mol. The summed E-state index contributed by atoms with van der Waals surface area (Å²) < 4.78 is 28.6. The second-order valence-corrected chi connectivity index (χ2v) is 12.2. The van der Waals surface area contributed by atoms with Gasteiger partial charge >= 0.3 is 0 Å². The third-order valence-electron chi connectivity index (χ3n) is 6.28. The highest BCUT2D eigenvalue weighted by atomic mass is 35.5. The molecule has 1 N–H and O–H groups in total. The molecule has 0 unspecified atom stereocenters. The summed E-state index contributed by atoms with van der Waals surface area (Å²) in [5.41, 5.74) is 0.786. The molecule has 0 saturated carbocycles. The van der Waals surface area contributed by atoms with Crippen molar-refractivity contribution in [3.8, 4) is 0 Å². The van der Waals surface area contributed by atoms with Crippen LogP contribution in [0, 0.1) is 0 Å². The summed E-state index contributed by atoms with van der Waals surface area (Å²) in [6.45, 7) is 3.71. The van der Waals surface area contributed by atoms with Crippen LogP contribution in [0.1, 0.15) is 38.7 Å². The Kier molecular flexibility index (Phi) is 11.7. The molecule has 0 radical (unpaired) electrons. The van der Waals surface area contributed by atoms with Gasteiger partial charge in [-0.2, -0.15) is 0 Å². The normalized spacial score (nSPS) is 12.0. The number of hydrogen-bond acceptors (Lipinski definition) is 4. The van der Waals surface area contributed by atoms with Crippen LogP contribution < -0.4 is 9.62 Å². The van der Waals surface area contributed by atoms with Crippen LogP contribution in [0.2, 0.25) is 15.1 Å². The topological polar surface area (TPSA) is 86.8 Å². The van der Waals surface area contributed by atoms with Crippen molar-refractivity contribution in [1.82, 2.24) is 10.2 Å². The quantitative estimate of drug-likeness (QED) is 0.218. The lowest BCUT2D eigenvalue weighted by molar-refractivity contribution is -0.140. The molecule has 0 aromatic heterocycles. The average Bonchev–Trinajstić information content (AvgIpc) is 2.94. The van der Waals surface area contributed by atoms with Crippen molar-refractivity contribution in [3.63, 3.8) is 0 Å². The summed E-state index contributed by atoms with van der Waals surface area (Å²) in [6.07, 6.45) is 1.99. The fourth-order valence-corrected chi connectivity index (χ4v) is 6.21. The lowest BCUT2D eigenvalue weighted by atomic mass is 10.1. The molecule has 7 nitrogen and oxygen atoms in total. The first kappa shape index (κ1) is 31.7. The van der Waals surface area contributed by atoms with E-state index in [1.165, 1.54) is 23.1 Å². The minimum atomic E-state index is -4.20. The zero-order chi connectivity index (χ0) is 29.3. The van der Waals surface area contributed by atoms with Crippen LogP contribution in [0.5, 0.6) is 0 Å². The fourth-order valence-electron chi connectivity index (χ4n) is 4.15. The monoisotopic (exact) mass is 623 g/mol. The van der Waals surface area contributed by atoms with Crippen molar-refractivity contribution < 1.29 is 18.0 Å². The number of halogens is 3. The maximum Gasteiger partial charge on any atom is 0.264 e. The molecule has 11 heteroatoms. The molecule has 0 spiro atoms. The van der Waals surface area contributed by atoms with Crippen LogP contribution in [-0.2, 0) is 26.2 Å². The number of carbonyl (C=O) groups is 2. The van der Waals surface area contributed by atoms with E-state index in [-0.39, 0.29) is 28.1 Å². The van der Waals surface area contributed by atoms with E-state index in [9.17, 15) is 18.0 Å². The van der Waals surface area contributed by atoms with Crippen LogP contribution in [0.3, 0.4) is 0 Å². The molecule has 0 bridgehead atoms. The number of benzene rings is 3. The zero-order valence-electron chi connectivity index (χ0n) is 22.3. The van der Waals surface area contributed by atoms with E-state index in [0.717, 1.165) is 17.1 Å². The lowest BCUT2D eigenvalue weighted by Crippen LogP contribution is -2.52. The number of para-hydroxylation sites is 1. The number of sulfonamides is 1. The average molecular weight is 625 g/mol. The Hall–Kier alpha value is -2.78. The van der Waals surface area contributed by atoms with Crippen LogP contribution in [-0.4, -0.2) is 44.3 Å². The van der Waals surface area contributed by atoms with E-state index < -0.39 is 28.5 Å². The Morgan fingerprint density at radius 1 is 0.875 bits per heavy atom. The molecule has 0 heterocycles. The second kappa shape index (κ2) is 14.7. The Labute approximate surface area is 251 Å². The Balaban J connectivity index is 2.05. The number of unbranched alkanes of at least 4 members (excludes halogenated alkanes) is 1. The van der Waals surface area contributed by atoms with E-state index in [1.807, 2.05) is 6.92 Å². The lowest BCUT2D eigenvalue weighted by Gasteiger charge is -2.33. The maximum atomic E-state index is 14.0. The van der Waals surface area contributed by atoms with E-state index in [0.29, 0.717) is 28.6 Å². The third kappa shape index (κ3) is 7.91. The van der Waals surface area contributed by atoms with Gasteiger partial charge in [-0.25, -0.2) is 8.42 Å². The standard InChI is InChI=1S/C29H32Cl3N3O4S/c1-3-5-17-33-29(37)26(4-2)34(19-21-15-16-23(30)25(32)18-21)28(36)20-35(27-14-10-9-13-24(27)31)40(38,39)22-11-7-6-8-12-22/h6-16,18,26H,3-5,17,19-20H2,1-2H3,(H,33,37)/t26-/m0/s1. The first-order valence-electron chi connectivity index (χ1n) is 12.9. The summed E-state index contributed by atoms with van der Waals surface area (Å²) in [6, 6.07) is 18.3. The summed E-state index contributed by atoms with van der Waals surface area (Å²) in [4.78, 5) is 28.7. The van der Waals surface area contributed by atoms with Gasteiger partial charge in [0.25, 0.3) is 10.0 Å². The second-order valence-electron chi connectivity index (χ2n) is 9.11. The van der Waals surface area contributed by atoms with Gasteiger partial charge in [-0.15, -0.1) is 0 Å². The highest BCUT2D eigenvalue weighted by molar-refractivity contribution is 7.92. The Bertz CT molecular complexity index is 1420. The van der Waals surface area contributed by atoms with Crippen molar-refractivity contribution in [2.75, 3.05) is 17.4 Å². The number of anilines is 1. The van der Waals surface area contributed by atoms with E-state index >= 15 is 0 Å². The first-order valence-corrected chi connectivity index (χ1v) is 15.5. The first-order chi connectivity index (χ1) is 19.1. The van der Waals surface area contributed by atoms with E-state index in [1.54, 1.807) is 61.5 Å². The molecule has 0 aliphatic rings. The summed E-state index contributed by atoms with van der Waals surface area (Å²) >= 11 is 18.7. The number of nitrogens with zero attached hydrogens (tertiary/aromatic N) is 2. The molecule has 3 rings (SSSR count). The summed E-state index contributed by atoms with van der Waals surface area (Å²) in [7, 11) is -4.20. The van der Waals surface area contributed by atoms with Gasteiger partial charge in [-0.1, -0.05) is 91.5 Å². The van der Waals surface area contributed by atoms with Crippen molar-refractivity contribution >= 4 is 62.3 Å². The number of amides is 2. The number of hydrogen-bond donors (Lipinski definition) is 1. The highest BCUT2D eigenvalue weighted by Crippen LogP contribution is 2.31. The van der Waals surface area contributed by atoms with Crippen LogP contribution in [0.15, 0.2) is 77.7 Å². The molecule has 214 valence electrons. The van der Waals surface area contributed by atoms with Crippen molar-refractivity contribution in [1.29, 1.82) is 0 Å². The molecular formula is C29H32Cl3N3O4S. The van der Waals surface area contributed by atoms with Gasteiger partial charge in [-0.3, -0.25) is 13.9 Å². The number of nitrogens with one attached hydrogen (secondary N) is 1. The van der Waals surface area contributed by atoms with Crippen LogP contribution in [0.25, 0.3) is 0 Å². The zero-order valence-corrected chi connectivity index (χ0v) is 25.4. The smallest absolute Gasteiger partial charge is 0.264 e. The summed E-state index contributed by atoms with van der Waals surface area (Å²) in [5, 5.41) is 3.71. The van der Waals surface area contributed by atoms with Gasteiger partial charge in [0, 0.05) is 13.1 Å². The molecule has 0 aliphatic carbocycles. The minimum Gasteiger partial charge on any atom is -0.354 e. The molecule has 0 saturated heterocycles. The number of rotatable bonds is 13. The molecule has 2 amide bonds. The van der Waals surface area contributed by atoms with Crippen molar-refractivity contribution in [2.45, 2.75) is 50.6 Å². The molecule has 1 atom stereocenters. The van der Waals surface area contributed by atoms with Gasteiger partial charge in [0.05, 0.1) is 25.7 Å². The van der Waals surface area contributed by atoms with E-state index in [2.05, 4.69) is 5.32 Å². The van der Waals surface area contributed by atoms with Gasteiger partial charge in [-0.05, 0) is 54.8 Å². The molecule has 3 aromatic carbocycles. The molecule has 3 aromatic rings. The van der Waals surface area contributed by atoms with Crippen molar-refractivity contribution in [3.05, 3.63) is 93.4 Å². The minimum absolute atomic E-state index is 0.00287.